The minimum Gasteiger partial charge on any atom is -0.481 e. The van der Waals surface area contributed by atoms with Crippen LogP contribution in [0.3, 0.4) is 0 Å². The molecule has 7 heteroatoms. The first-order valence-corrected chi connectivity index (χ1v) is 11.1. The molecule has 1 amide bonds. The zero-order valence-electron chi connectivity index (χ0n) is 18.0. The molecule has 0 radical (unpaired) electrons. The first-order chi connectivity index (χ1) is 15.0. The number of rotatable bonds is 6. The van der Waals surface area contributed by atoms with E-state index < -0.39 is 17.9 Å². The quantitative estimate of drug-likeness (QED) is 0.748. The summed E-state index contributed by atoms with van der Waals surface area (Å²) in [6, 6.07) is 6.61. The van der Waals surface area contributed by atoms with E-state index in [0.717, 1.165) is 38.0 Å². The molecule has 0 saturated heterocycles. The van der Waals surface area contributed by atoms with Gasteiger partial charge in [0.05, 0.1) is 6.04 Å². The van der Waals surface area contributed by atoms with Crippen molar-refractivity contribution < 1.29 is 19.4 Å². The second-order valence-corrected chi connectivity index (χ2v) is 8.65. The zero-order chi connectivity index (χ0) is 22.0. The minimum atomic E-state index is -0.970. The summed E-state index contributed by atoms with van der Waals surface area (Å²) < 4.78 is 5.95. The van der Waals surface area contributed by atoms with E-state index in [2.05, 4.69) is 16.9 Å². The lowest BCUT2D eigenvalue weighted by molar-refractivity contribution is -0.140. The molecule has 0 unspecified atom stereocenters. The summed E-state index contributed by atoms with van der Waals surface area (Å²) >= 11 is 0. The van der Waals surface area contributed by atoms with Gasteiger partial charge in [-0.1, -0.05) is 32.0 Å². The second kappa shape index (κ2) is 9.04. The SMILES string of the molecule is CCCN1C(=O)c2ccccc2[C@@H](C(=O)O)[C@@H]1c1cnc(OC2CCC(C)CC2)nc1. The summed E-state index contributed by atoms with van der Waals surface area (Å²) in [5.41, 5.74) is 1.59. The van der Waals surface area contributed by atoms with E-state index in [1.54, 1.807) is 41.6 Å². The fraction of sp³-hybridized carbons (Fsp3) is 0.500. The highest BCUT2D eigenvalue weighted by Gasteiger charge is 2.44. The normalized spacial score (nSPS) is 25.7. The first kappa shape index (κ1) is 21.3. The number of carboxylic acids is 1. The Labute approximate surface area is 182 Å². The maximum absolute atomic E-state index is 13.2. The van der Waals surface area contributed by atoms with Gasteiger partial charge < -0.3 is 14.7 Å². The van der Waals surface area contributed by atoms with Crippen LogP contribution in [0.1, 0.15) is 79.4 Å². The van der Waals surface area contributed by atoms with Crippen molar-refractivity contribution in [3.05, 3.63) is 53.3 Å². The van der Waals surface area contributed by atoms with E-state index in [-0.39, 0.29) is 12.0 Å². The van der Waals surface area contributed by atoms with Crippen molar-refractivity contribution in [2.75, 3.05) is 6.54 Å². The molecule has 1 fully saturated rings. The Bertz CT molecular complexity index is 938. The summed E-state index contributed by atoms with van der Waals surface area (Å²) in [4.78, 5) is 35.9. The summed E-state index contributed by atoms with van der Waals surface area (Å²) in [5.74, 6) is -1.28. The van der Waals surface area contributed by atoms with E-state index in [1.165, 1.54) is 0 Å². The van der Waals surface area contributed by atoms with Gasteiger partial charge in [0.2, 0.25) is 0 Å². The Morgan fingerprint density at radius 3 is 2.48 bits per heavy atom. The lowest BCUT2D eigenvalue weighted by atomic mass is 9.80. The largest absolute Gasteiger partial charge is 0.481 e. The highest BCUT2D eigenvalue weighted by molar-refractivity contribution is 6.00. The number of hydrogen-bond acceptors (Lipinski definition) is 5. The third-order valence-electron chi connectivity index (χ3n) is 6.39. The van der Waals surface area contributed by atoms with Crippen LogP contribution >= 0.6 is 0 Å². The summed E-state index contributed by atoms with van der Waals surface area (Å²) in [6.07, 6.45) is 8.32. The molecule has 2 aliphatic rings. The predicted molar refractivity (Wildman–Crippen MR) is 115 cm³/mol. The van der Waals surface area contributed by atoms with Crippen molar-refractivity contribution in [2.24, 2.45) is 5.92 Å². The third kappa shape index (κ3) is 4.27. The molecule has 2 aromatic rings. The molecule has 0 spiro atoms. The molecule has 164 valence electrons. The van der Waals surface area contributed by atoms with Crippen LogP contribution < -0.4 is 4.74 Å². The van der Waals surface area contributed by atoms with Gasteiger partial charge >= 0.3 is 12.0 Å². The maximum Gasteiger partial charge on any atom is 0.316 e. The molecule has 1 aromatic heterocycles. The molecule has 1 aliphatic heterocycles. The number of aromatic nitrogens is 2. The number of aliphatic carboxylic acids is 1. The Balaban J connectivity index is 1.64. The van der Waals surface area contributed by atoms with Crippen molar-refractivity contribution in [3.63, 3.8) is 0 Å². The van der Waals surface area contributed by atoms with Gasteiger partial charge in [-0.25, -0.2) is 9.97 Å². The van der Waals surface area contributed by atoms with E-state index in [1.807, 2.05) is 6.92 Å². The molecule has 2 heterocycles. The lowest BCUT2D eigenvalue weighted by Crippen LogP contribution is -2.45. The highest BCUT2D eigenvalue weighted by atomic mass is 16.5. The van der Waals surface area contributed by atoms with Crippen LogP contribution in [-0.2, 0) is 4.79 Å². The number of carbonyl (C=O) groups is 2. The third-order valence-corrected chi connectivity index (χ3v) is 6.39. The van der Waals surface area contributed by atoms with E-state index >= 15 is 0 Å². The van der Waals surface area contributed by atoms with Gasteiger partial charge in [0.15, 0.2) is 0 Å². The number of nitrogens with zero attached hydrogens (tertiary/aromatic N) is 3. The molecule has 7 nitrogen and oxygen atoms in total. The van der Waals surface area contributed by atoms with Gasteiger partial charge in [0.25, 0.3) is 5.91 Å². The monoisotopic (exact) mass is 423 g/mol. The van der Waals surface area contributed by atoms with Crippen LogP contribution in [0.2, 0.25) is 0 Å². The van der Waals surface area contributed by atoms with Gasteiger partial charge in [0, 0.05) is 30.1 Å². The molecule has 1 aliphatic carbocycles. The van der Waals surface area contributed by atoms with Gasteiger partial charge in [-0.05, 0) is 49.7 Å². The van der Waals surface area contributed by atoms with E-state index in [9.17, 15) is 14.7 Å². The predicted octanol–water partition coefficient (Wildman–Crippen LogP) is 4.21. The van der Waals surface area contributed by atoms with Crippen LogP contribution in [0.4, 0.5) is 0 Å². The van der Waals surface area contributed by atoms with E-state index in [0.29, 0.717) is 29.2 Å². The number of carbonyl (C=O) groups excluding carboxylic acids is 1. The van der Waals surface area contributed by atoms with Gasteiger partial charge in [0.1, 0.15) is 12.0 Å². The molecular weight excluding hydrogens is 394 g/mol. The molecule has 31 heavy (non-hydrogen) atoms. The smallest absolute Gasteiger partial charge is 0.316 e. The van der Waals surface area contributed by atoms with Crippen molar-refractivity contribution in [1.82, 2.24) is 14.9 Å². The maximum atomic E-state index is 13.2. The van der Waals surface area contributed by atoms with Gasteiger partial charge in [-0.15, -0.1) is 0 Å². The topological polar surface area (TPSA) is 92.6 Å². The fourth-order valence-corrected chi connectivity index (χ4v) is 4.75. The molecule has 1 saturated carbocycles. The number of benzene rings is 1. The van der Waals surface area contributed by atoms with Crippen LogP contribution in [0.5, 0.6) is 6.01 Å². The van der Waals surface area contributed by atoms with Gasteiger partial charge in [-0.2, -0.15) is 0 Å². The minimum absolute atomic E-state index is 0.119. The summed E-state index contributed by atoms with van der Waals surface area (Å²) in [6.45, 7) is 4.69. The fourth-order valence-electron chi connectivity index (χ4n) is 4.75. The number of carboxylic acid groups (broad SMARTS) is 1. The second-order valence-electron chi connectivity index (χ2n) is 8.65. The highest BCUT2D eigenvalue weighted by Crippen LogP contribution is 2.42. The van der Waals surface area contributed by atoms with Crippen molar-refractivity contribution in [2.45, 2.75) is 64.0 Å². The zero-order valence-corrected chi connectivity index (χ0v) is 18.0. The average molecular weight is 424 g/mol. The summed E-state index contributed by atoms with van der Waals surface area (Å²) in [5, 5.41) is 10.1. The molecule has 1 N–H and O–H groups in total. The van der Waals surface area contributed by atoms with Crippen LogP contribution in [0, 0.1) is 5.92 Å². The summed E-state index contributed by atoms with van der Waals surface area (Å²) in [7, 11) is 0. The standard InChI is InChI=1S/C24H29N3O4/c1-3-12-27-21(20(23(29)30)18-6-4-5-7-19(18)22(27)28)16-13-25-24(26-14-16)31-17-10-8-15(2)9-11-17/h4-7,13-15,17,20-21H,3,8-12H2,1-2H3,(H,29,30)/t15?,17?,20-,21+/m1/s1. The van der Waals surface area contributed by atoms with Crippen LogP contribution in [-0.4, -0.2) is 44.5 Å². The molecule has 2 atom stereocenters. The van der Waals surface area contributed by atoms with Gasteiger partial charge in [-0.3, -0.25) is 9.59 Å². The van der Waals surface area contributed by atoms with Crippen LogP contribution in [0.25, 0.3) is 0 Å². The molecular formula is C24H29N3O4. The Morgan fingerprint density at radius 2 is 1.84 bits per heavy atom. The van der Waals surface area contributed by atoms with Crippen molar-refractivity contribution in [1.29, 1.82) is 0 Å². The first-order valence-electron chi connectivity index (χ1n) is 11.1. The van der Waals surface area contributed by atoms with Crippen LogP contribution in [0.15, 0.2) is 36.7 Å². The average Bonchev–Trinajstić information content (AvgIpc) is 2.77. The number of hydrogen-bond donors (Lipinski definition) is 1. The number of amides is 1. The molecule has 1 aromatic carbocycles. The number of ether oxygens (including phenoxy) is 1. The Morgan fingerprint density at radius 1 is 1.16 bits per heavy atom. The van der Waals surface area contributed by atoms with Crippen molar-refractivity contribution >= 4 is 11.9 Å². The van der Waals surface area contributed by atoms with E-state index in [4.69, 9.17) is 4.74 Å². The lowest BCUT2D eigenvalue weighted by Gasteiger charge is -2.40. The number of fused-ring (bicyclic) bond motifs is 1. The molecule has 0 bridgehead atoms. The van der Waals surface area contributed by atoms with Crippen molar-refractivity contribution in [3.8, 4) is 6.01 Å². The Hall–Kier alpha value is -2.96. The molecule has 4 rings (SSSR count). The Kier molecular flexibility index (Phi) is 6.20.